The van der Waals surface area contributed by atoms with Crippen LogP contribution in [0.2, 0.25) is 0 Å². The Balaban J connectivity index is 1.84. The molecule has 2 heterocycles. The standard InChI is InChI=1S/C17H14F5N3O3S/c1-9-13(23-6-5-14(9)27-2)8-29(26)15-24-11-4-3-10(7-12(11)25-15)28-17(21,22)16(18,19)20/h3-7H,8H2,1-2H3,(H,24,25). The molecule has 0 aliphatic rings. The molecule has 29 heavy (non-hydrogen) atoms. The van der Waals surface area contributed by atoms with Gasteiger partial charge in [-0.2, -0.15) is 22.0 Å². The summed E-state index contributed by atoms with van der Waals surface area (Å²) in [6.07, 6.45) is -9.70. The zero-order valence-electron chi connectivity index (χ0n) is 15.0. The van der Waals surface area contributed by atoms with Crippen molar-refractivity contribution in [1.29, 1.82) is 0 Å². The second kappa shape index (κ2) is 7.58. The largest absolute Gasteiger partial charge is 0.499 e. The third-order valence-corrected chi connectivity index (χ3v) is 5.13. The molecule has 0 amide bonds. The van der Waals surface area contributed by atoms with E-state index in [9.17, 15) is 26.2 Å². The lowest BCUT2D eigenvalue weighted by molar-refractivity contribution is -0.360. The molecule has 1 unspecified atom stereocenters. The monoisotopic (exact) mass is 435 g/mol. The number of rotatable bonds is 6. The van der Waals surface area contributed by atoms with Crippen LogP contribution in [-0.2, 0) is 16.6 Å². The summed E-state index contributed by atoms with van der Waals surface area (Å²) in [7, 11) is -0.191. The molecule has 3 rings (SSSR count). The summed E-state index contributed by atoms with van der Waals surface area (Å²) in [6.45, 7) is 1.75. The lowest BCUT2D eigenvalue weighted by Crippen LogP contribution is -2.41. The van der Waals surface area contributed by atoms with Crippen LogP contribution in [0.5, 0.6) is 11.5 Å². The molecule has 1 aromatic carbocycles. The van der Waals surface area contributed by atoms with Crippen LogP contribution < -0.4 is 9.47 Å². The van der Waals surface area contributed by atoms with E-state index in [0.29, 0.717) is 17.0 Å². The van der Waals surface area contributed by atoms with E-state index in [1.807, 2.05) is 0 Å². The van der Waals surface area contributed by atoms with Crippen LogP contribution in [-0.4, -0.2) is 38.6 Å². The van der Waals surface area contributed by atoms with E-state index in [-0.39, 0.29) is 21.9 Å². The molecule has 0 radical (unpaired) electrons. The number of H-pyrrole nitrogens is 1. The van der Waals surface area contributed by atoms with Crippen LogP contribution in [0, 0.1) is 6.92 Å². The summed E-state index contributed by atoms with van der Waals surface area (Å²) >= 11 is 0. The fourth-order valence-corrected chi connectivity index (χ4v) is 3.56. The molecule has 2 aromatic heterocycles. The first-order valence-corrected chi connectivity index (χ1v) is 9.34. The second-order valence-corrected chi connectivity index (χ2v) is 7.28. The topological polar surface area (TPSA) is 77.1 Å². The Bertz CT molecular complexity index is 1070. The first-order chi connectivity index (χ1) is 13.5. The van der Waals surface area contributed by atoms with Gasteiger partial charge in [0, 0.05) is 17.8 Å². The number of pyridine rings is 1. The predicted molar refractivity (Wildman–Crippen MR) is 93.4 cm³/mol. The molecular formula is C17H14F5N3O3S. The first-order valence-electron chi connectivity index (χ1n) is 8.02. The van der Waals surface area contributed by atoms with E-state index < -0.39 is 28.8 Å². The second-order valence-electron chi connectivity index (χ2n) is 5.91. The molecule has 0 fully saturated rings. The van der Waals surface area contributed by atoms with Crippen molar-refractivity contribution < 1.29 is 35.6 Å². The number of hydrogen-bond donors (Lipinski definition) is 1. The number of methoxy groups -OCH3 is 1. The number of hydrogen-bond acceptors (Lipinski definition) is 5. The smallest absolute Gasteiger partial charge is 0.496 e. The third kappa shape index (κ3) is 4.31. The van der Waals surface area contributed by atoms with Gasteiger partial charge in [-0.25, -0.2) is 4.98 Å². The van der Waals surface area contributed by atoms with Gasteiger partial charge in [-0.15, -0.1) is 0 Å². The molecule has 0 aliphatic carbocycles. The van der Waals surface area contributed by atoms with Crippen molar-refractivity contribution in [3.05, 3.63) is 41.7 Å². The highest BCUT2D eigenvalue weighted by Gasteiger charge is 2.61. The van der Waals surface area contributed by atoms with Gasteiger partial charge < -0.3 is 14.5 Å². The van der Waals surface area contributed by atoms with Crippen molar-refractivity contribution in [3.8, 4) is 11.5 Å². The maximum atomic E-state index is 13.1. The number of nitrogens with one attached hydrogen (secondary N) is 1. The number of halogens is 5. The minimum absolute atomic E-state index is 0.00163. The molecule has 0 spiro atoms. The number of fused-ring (bicyclic) bond motifs is 1. The van der Waals surface area contributed by atoms with Crippen LogP contribution in [0.25, 0.3) is 11.0 Å². The predicted octanol–water partition coefficient (Wildman–Crippen LogP) is 4.12. The van der Waals surface area contributed by atoms with Gasteiger partial charge in [0.25, 0.3) is 0 Å². The van der Waals surface area contributed by atoms with Crippen LogP contribution in [0.1, 0.15) is 11.3 Å². The number of imidazole rings is 1. The van der Waals surface area contributed by atoms with Gasteiger partial charge in [-0.3, -0.25) is 9.19 Å². The number of aromatic nitrogens is 3. The fourth-order valence-electron chi connectivity index (χ4n) is 2.46. The van der Waals surface area contributed by atoms with Crippen LogP contribution >= 0.6 is 0 Å². The minimum Gasteiger partial charge on any atom is -0.496 e. The van der Waals surface area contributed by atoms with Crippen molar-refractivity contribution in [2.45, 2.75) is 30.1 Å². The highest BCUT2D eigenvalue weighted by Crippen LogP contribution is 2.37. The molecule has 0 aliphatic heterocycles. The summed E-state index contributed by atoms with van der Waals surface area (Å²) in [5.74, 6) is -0.145. The molecule has 156 valence electrons. The van der Waals surface area contributed by atoms with Crippen LogP contribution in [0.15, 0.2) is 35.6 Å². The molecule has 0 saturated heterocycles. The zero-order chi connectivity index (χ0) is 21.4. The number of benzene rings is 1. The normalized spacial score (nSPS) is 13.5. The zero-order valence-corrected chi connectivity index (χ0v) is 15.8. The van der Waals surface area contributed by atoms with Crippen molar-refractivity contribution >= 4 is 21.8 Å². The van der Waals surface area contributed by atoms with E-state index in [0.717, 1.165) is 12.1 Å². The molecule has 6 nitrogen and oxygen atoms in total. The van der Waals surface area contributed by atoms with E-state index in [1.54, 1.807) is 13.0 Å². The maximum Gasteiger partial charge on any atom is 0.499 e. The number of alkyl halides is 5. The van der Waals surface area contributed by atoms with E-state index in [2.05, 4.69) is 19.7 Å². The van der Waals surface area contributed by atoms with Crippen molar-refractivity contribution in [1.82, 2.24) is 15.0 Å². The average Bonchev–Trinajstić information content (AvgIpc) is 3.05. The van der Waals surface area contributed by atoms with E-state index in [4.69, 9.17) is 4.74 Å². The average molecular weight is 435 g/mol. The number of ether oxygens (including phenoxy) is 2. The summed E-state index contributed by atoms with van der Waals surface area (Å²) < 4.78 is 84.5. The third-order valence-electron chi connectivity index (χ3n) is 3.97. The van der Waals surface area contributed by atoms with Crippen LogP contribution in [0.4, 0.5) is 22.0 Å². The van der Waals surface area contributed by atoms with Gasteiger partial charge in [-0.1, -0.05) is 0 Å². The Morgan fingerprint density at radius 1 is 1.17 bits per heavy atom. The molecule has 12 heteroatoms. The Hall–Kier alpha value is -2.76. The summed E-state index contributed by atoms with van der Waals surface area (Å²) in [6, 6.07) is 4.69. The Morgan fingerprint density at radius 2 is 1.90 bits per heavy atom. The Labute approximate surface area is 163 Å². The maximum absolute atomic E-state index is 13.1. The molecule has 1 N–H and O–H groups in total. The summed E-state index contributed by atoms with van der Waals surface area (Å²) in [5.41, 5.74) is 1.53. The summed E-state index contributed by atoms with van der Waals surface area (Å²) in [5, 5.41) is 0.0174. The van der Waals surface area contributed by atoms with Crippen molar-refractivity contribution in [2.75, 3.05) is 7.11 Å². The van der Waals surface area contributed by atoms with E-state index in [1.165, 1.54) is 19.4 Å². The number of nitrogens with zero attached hydrogens (tertiary/aromatic N) is 2. The summed E-state index contributed by atoms with van der Waals surface area (Å²) in [4.78, 5) is 10.9. The molecule has 0 bridgehead atoms. The van der Waals surface area contributed by atoms with Gasteiger partial charge in [0.1, 0.15) is 11.5 Å². The quantitative estimate of drug-likeness (QED) is 0.590. The van der Waals surface area contributed by atoms with Gasteiger partial charge in [0.2, 0.25) is 0 Å². The minimum atomic E-state index is -5.86. The van der Waals surface area contributed by atoms with E-state index >= 15 is 0 Å². The molecule has 1 atom stereocenters. The highest BCUT2D eigenvalue weighted by atomic mass is 32.2. The van der Waals surface area contributed by atoms with Crippen LogP contribution in [0.3, 0.4) is 0 Å². The van der Waals surface area contributed by atoms with Crippen molar-refractivity contribution in [3.63, 3.8) is 0 Å². The Morgan fingerprint density at radius 3 is 2.55 bits per heavy atom. The van der Waals surface area contributed by atoms with Gasteiger partial charge in [0.05, 0.1) is 40.4 Å². The molecule has 3 aromatic rings. The highest BCUT2D eigenvalue weighted by molar-refractivity contribution is 7.84. The number of aromatic amines is 1. The van der Waals surface area contributed by atoms with Crippen molar-refractivity contribution in [2.24, 2.45) is 0 Å². The SMILES string of the molecule is COc1ccnc(CS(=O)c2nc3ccc(OC(F)(F)C(F)(F)F)cc3[nH]2)c1C. The van der Waals surface area contributed by atoms with Gasteiger partial charge in [0.15, 0.2) is 5.16 Å². The van der Waals surface area contributed by atoms with Gasteiger partial charge in [-0.05, 0) is 25.1 Å². The lowest BCUT2D eigenvalue weighted by atomic mass is 10.2. The Kier molecular flexibility index (Phi) is 5.48. The molecule has 0 saturated carbocycles. The molecular weight excluding hydrogens is 421 g/mol. The fraction of sp³-hybridized carbons (Fsp3) is 0.294. The van der Waals surface area contributed by atoms with Gasteiger partial charge >= 0.3 is 12.3 Å². The lowest BCUT2D eigenvalue weighted by Gasteiger charge is -2.19. The first kappa shape index (κ1) is 21.0.